The highest BCUT2D eigenvalue weighted by atomic mass is 16.6. The number of hydrogen-bond acceptors (Lipinski definition) is 4. The van der Waals surface area contributed by atoms with Crippen molar-refractivity contribution >= 4 is 5.97 Å². The average Bonchev–Trinajstić information content (AvgIpc) is 2.29. The predicted octanol–water partition coefficient (Wildman–Crippen LogP) is 1.64. The molecule has 0 aromatic rings. The third-order valence-electron chi connectivity index (χ3n) is 3.54. The molecule has 0 aliphatic heterocycles. The van der Waals surface area contributed by atoms with Gasteiger partial charge in [0.25, 0.3) is 0 Å². The molecule has 0 aromatic heterocycles. The van der Waals surface area contributed by atoms with E-state index < -0.39 is 5.41 Å². The van der Waals surface area contributed by atoms with Gasteiger partial charge in [-0.15, -0.1) is 0 Å². The maximum Gasteiger partial charge on any atom is 0.314 e. The maximum atomic E-state index is 11.8. The van der Waals surface area contributed by atoms with Crippen LogP contribution in [0.3, 0.4) is 0 Å². The Bertz CT molecular complexity index is 214. The minimum absolute atomic E-state index is 0.208. The van der Waals surface area contributed by atoms with Gasteiger partial charge in [0.1, 0.15) is 0 Å². The molecule has 4 heteroatoms. The topological polar surface area (TPSA) is 61.5 Å². The molecule has 4 nitrogen and oxygen atoms in total. The summed E-state index contributed by atoms with van der Waals surface area (Å²) in [6.07, 6.45) is 5.75. The molecule has 1 unspecified atom stereocenters. The standard InChI is InChI=1S/C11H21NO3/c1-11(8-15-12,10(13)14-2)9-6-4-3-5-7-9/h9H,3-8,12H2,1-2H3. The van der Waals surface area contributed by atoms with Gasteiger partial charge in [0.05, 0.1) is 19.1 Å². The molecule has 2 N–H and O–H groups in total. The van der Waals surface area contributed by atoms with Crippen LogP contribution < -0.4 is 5.90 Å². The lowest BCUT2D eigenvalue weighted by molar-refractivity contribution is -0.161. The third kappa shape index (κ3) is 2.69. The summed E-state index contributed by atoms with van der Waals surface area (Å²) in [6.45, 7) is 2.13. The monoisotopic (exact) mass is 215 g/mol. The van der Waals surface area contributed by atoms with Crippen LogP contribution in [0.2, 0.25) is 0 Å². The third-order valence-corrected chi connectivity index (χ3v) is 3.54. The van der Waals surface area contributed by atoms with Crippen molar-refractivity contribution in [3.63, 3.8) is 0 Å². The fraction of sp³-hybridized carbons (Fsp3) is 0.909. The van der Waals surface area contributed by atoms with Crippen molar-refractivity contribution < 1.29 is 14.4 Å². The minimum atomic E-state index is -0.579. The lowest BCUT2D eigenvalue weighted by Gasteiger charge is -2.36. The van der Waals surface area contributed by atoms with E-state index in [9.17, 15) is 4.79 Å². The van der Waals surface area contributed by atoms with Gasteiger partial charge in [-0.2, -0.15) is 0 Å². The van der Waals surface area contributed by atoms with Crippen LogP contribution in [0, 0.1) is 11.3 Å². The van der Waals surface area contributed by atoms with Crippen LogP contribution in [0.5, 0.6) is 0 Å². The van der Waals surface area contributed by atoms with Crippen LogP contribution in [0.1, 0.15) is 39.0 Å². The van der Waals surface area contributed by atoms with Gasteiger partial charge >= 0.3 is 5.97 Å². The summed E-state index contributed by atoms with van der Waals surface area (Å²) >= 11 is 0. The molecule has 0 radical (unpaired) electrons. The summed E-state index contributed by atoms with van der Waals surface area (Å²) in [5, 5.41) is 0. The van der Waals surface area contributed by atoms with E-state index in [4.69, 9.17) is 10.6 Å². The van der Waals surface area contributed by atoms with E-state index in [1.165, 1.54) is 26.4 Å². The van der Waals surface area contributed by atoms with Crippen molar-refractivity contribution in [3.05, 3.63) is 0 Å². The zero-order valence-electron chi connectivity index (χ0n) is 9.62. The summed E-state index contributed by atoms with van der Waals surface area (Å²) in [5.74, 6) is 5.23. The largest absolute Gasteiger partial charge is 0.469 e. The molecule has 0 heterocycles. The highest BCUT2D eigenvalue weighted by Crippen LogP contribution is 2.39. The Labute approximate surface area is 91.1 Å². The Hall–Kier alpha value is -0.610. The Balaban J connectivity index is 2.73. The summed E-state index contributed by atoms with van der Waals surface area (Å²) in [6, 6.07) is 0. The van der Waals surface area contributed by atoms with Gasteiger partial charge in [-0.1, -0.05) is 19.3 Å². The molecule has 1 aliphatic rings. The second-order valence-electron chi connectivity index (χ2n) is 4.55. The van der Waals surface area contributed by atoms with E-state index in [1.807, 2.05) is 6.92 Å². The van der Waals surface area contributed by atoms with E-state index in [2.05, 4.69) is 4.84 Å². The number of nitrogens with two attached hydrogens (primary N) is 1. The molecule has 0 spiro atoms. The molecule has 0 aromatic carbocycles. The molecule has 0 bridgehead atoms. The fourth-order valence-electron chi connectivity index (χ4n) is 2.49. The smallest absolute Gasteiger partial charge is 0.314 e. The lowest BCUT2D eigenvalue weighted by Crippen LogP contribution is -2.42. The van der Waals surface area contributed by atoms with Gasteiger partial charge in [0, 0.05) is 0 Å². The van der Waals surface area contributed by atoms with Crippen LogP contribution in [-0.4, -0.2) is 19.7 Å². The first-order chi connectivity index (χ1) is 7.15. The van der Waals surface area contributed by atoms with Gasteiger partial charge in [-0.25, -0.2) is 5.90 Å². The average molecular weight is 215 g/mol. The Morgan fingerprint density at radius 3 is 2.47 bits per heavy atom. The van der Waals surface area contributed by atoms with Crippen LogP contribution in [0.4, 0.5) is 0 Å². The van der Waals surface area contributed by atoms with E-state index >= 15 is 0 Å². The molecular formula is C11H21NO3. The first-order valence-electron chi connectivity index (χ1n) is 5.55. The highest BCUT2D eigenvalue weighted by molar-refractivity contribution is 5.76. The SMILES string of the molecule is COC(=O)C(C)(CON)C1CCCCC1. The number of hydrogen-bond donors (Lipinski definition) is 1. The van der Waals surface area contributed by atoms with Crippen molar-refractivity contribution in [1.82, 2.24) is 0 Å². The van der Waals surface area contributed by atoms with Crippen molar-refractivity contribution in [2.24, 2.45) is 17.2 Å². The van der Waals surface area contributed by atoms with Gasteiger partial charge < -0.3 is 9.57 Å². The van der Waals surface area contributed by atoms with Crippen molar-refractivity contribution in [2.75, 3.05) is 13.7 Å². The molecular weight excluding hydrogens is 194 g/mol. The van der Waals surface area contributed by atoms with Crippen LogP contribution >= 0.6 is 0 Å². The zero-order valence-corrected chi connectivity index (χ0v) is 9.62. The molecule has 88 valence electrons. The number of rotatable bonds is 4. The van der Waals surface area contributed by atoms with Crippen LogP contribution in [-0.2, 0) is 14.4 Å². The molecule has 1 fully saturated rings. The first-order valence-corrected chi connectivity index (χ1v) is 5.55. The van der Waals surface area contributed by atoms with Gasteiger partial charge in [-0.3, -0.25) is 4.79 Å². The van der Waals surface area contributed by atoms with Gasteiger partial charge in [-0.05, 0) is 25.7 Å². The van der Waals surface area contributed by atoms with E-state index in [1.54, 1.807) is 0 Å². The first kappa shape index (κ1) is 12.5. The van der Waals surface area contributed by atoms with Crippen LogP contribution in [0.25, 0.3) is 0 Å². The second-order valence-corrected chi connectivity index (χ2v) is 4.55. The van der Waals surface area contributed by atoms with Crippen LogP contribution in [0.15, 0.2) is 0 Å². The highest BCUT2D eigenvalue weighted by Gasteiger charge is 2.42. The van der Waals surface area contributed by atoms with Gasteiger partial charge in [0.15, 0.2) is 0 Å². The molecule has 1 rings (SSSR count). The number of carbonyl (C=O) groups is 1. The maximum absolute atomic E-state index is 11.8. The van der Waals surface area contributed by atoms with E-state index in [0.29, 0.717) is 5.92 Å². The number of ether oxygens (including phenoxy) is 1. The lowest BCUT2D eigenvalue weighted by atomic mass is 9.70. The molecule has 0 saturated heterocycles. The van der Waals surface area contributed by atoms with E-state index in [-0.39, 0.29) is 12.6 Å². The van der Waals surface area contributed by atoms with Crippen molar-refractivity contribution in [1.29, 1.82) is 0 Å². The summed E-state index contributed by atoms with van der Waals surface area (Å²) < 4.78 is 4.85. The number of carbonyl (C=O) groups excluding carboxylic acids is 1. The number of esters is 1. The molecule has 0 amide bonds. The Morgan fingerprint density at radius 2 is 2.00 bits per heavy atom. The Morgan fingerprint density at radius 1 is 1.40 bits per heavy atom. The van der Waals surface area contributed by atoms with Gasteiger partial charge in [0.2, 0.25) is 0 Å². The Kier molecular flexibility index (Phi) is 4.54. The summed E-state index contributed by atoms with van der Waals surface area (Å²) in [5.41, 5.74) is -0.579. The van der Waals surface area contributed by atoms with Crippen molar-refractivity contribution in [3.8, 4) is 0 Å². The quantitative estimate of drug-likeness (QED) is 0.572. The predicted molar refractivity (Wildman–Crippen MR) is 56.8 cm³/mol. The normalized spacial score (nSPS) is 22.1. The summed E-state index contributed by atoms with van der Waals surface area (Å²) in [7, 11) is 1.42. The van der Waals surface area contributed by atoms with Crippen molar-refractivity contribution in [2.45, 2.75) is 39.0 Å². The second kappa shape index (κ2) is 5.47. The molecule has 1 aliphatic carbocycles. The molecule has 15 heavy (non-hydrogen) atoms. The summed E-state index contributed by atoms with van der Waals surface area (Å²) in [4.78, 5) is 16.4. The van der Waals surface area contributed by atoms with E-state index in [0.717, 1.165) is 12.8 Å². The minimum Gasteiger partial charge on any atom is -0.469 e. The number of methoxy groups -OCH3 is 1. The zero-order chi connectivity index (χ0) is 11.3. The fourth-order valence-corrected chi connectivity index (χ4v) is 2.49. The molecule has 1 saturated carbocycles. The molecule has 1 atom stereocenters.